The quantitative estimate of drug-likeness (QED) is 0.701. The summed E-state index contributed by atoms with van der Waals surface area (Å²) in [7, 11) is 0. The van der Waals surface area contributed by atoms with Crippen molar-refractivity contribution in [1.82, 2.24) is 5.32 Å². The van der Waals surface area contributed by atoms with E-state index in [0.717, 1.165) is 6.07 Å². The van der Waals surface area contributed by atoms with Crippen molar-refractivity contribution in [3.63, 3.8) is 0 Å². The molecule has 0 saturated heterocycles. The van der Waals surface area contributed by atoms with Crippen molar-refractivity contribution in [3.8, 4) is 0 Å². The average molecular weight is 406 g/mol. The summed E-state index contributed by atoms with van der Waals surface area (Å²) < 4.78 is 13.9. The lowest BCUT2D eigenvalue weighted by Crippen LogP contribution is -2.34. The molecule has 0 bridgehead atoms. The number of benzene rings is 2. The van der Waals surface area contributed by atoms with E-state index in [0.29, 0.717) is 14.5 Å². The van der Waals surface area contributed by atoms with Gasteiger partial charge in [-0.15, -0.1) is 0 Å². The lowest BCUT2D eigenvalue weighted by atomic mass is 10.2. The van der Waals surface area contributed by atoms with Crippen molar-refractivity contribution in [2.45, 2.75) is 0 Å². The number of halogens is 4. The monoisotopic (exact) mass is 404 g/mol. The van der Waals surface area contributed by atoms with Crippen molar-refractivity contribution in [3.05, 3.63) is 62.3 Å². The third kappa shape index (κ3) is 3.97. The number of amides is 3. The number of rotatable bonds is 2. The van der Waals surface area contributed by atoms with Crippen LogP contribution in [0.25, 0.3) is 0 Å². The van der Waals surface area contributed by atoms with Crippen molar-refractivity contribution >= 4 is 56.8 Å². The fraction of sp³-hybridized carbons (Fsp3) is 0. The lowest BCUT2D eigenvalue weighted by molar-refractivity contribution is 0.0963. The minimum atomic E-state index is -0.857. The van der Waals surface area contributed by atoms with E-state index in [1.165, 1.54) is 30.3 Å². The maximum absolute atomic E-state index is 13.4. The van der Waals surface area contributed by atoms with Gasteiger partial charge in [-0.3, -0.25) is 10.1 Å². The zero-order chi connectivity index (χ0) is 16.3. The molecule has 114 valence electrons. The van der Waals surface area contributed by atoms with E-state index in [4.69, 9.17) is 23.2 Å². The molecule has 0 aliphatic carbocycles. The Morgan fingerprint density at radius 2 is 1.68 bits per heavy atom. The van der Waals surface area contributed by atoms with Crippen LogP contribution in [0.3, 0.4) is 0 Å². The highest BCUT2D eigenvalue weighted by Gasteiger charge is 2.15. The van der Waals surface area contributed by atoms with E-state index >= 15 is 0 Å². The summed E-state index contributed by atoms with van der Waals surface area (Å²) in [4.78, 5) is 23.5. The van der Waals surface area contributed by atoms with Gasteiger partial charge < -0.3 is 5.32 Å². The molecule has 0 heterocycles. The molecule has 0 saturated carbocycles. The molecule has 0 radical (unpaired) electrons. The summed E-state index contributed by atoms with van der Waals surface area (Å²) in [5, 5.41) is 4.99. The van der Waals surface area contributed by atoms with Crippen LogP contribution in [0.2, 0.25) is 10.0 Å². The van der Waals surface area contributed by atoms with Gasteiger partial charge in [-0.25, -0.2) is 9.18 Å². The molecule has 3 amide bonds. The molecule has 22 heavy (non-hydrogen) atoms. The van der Waals surface area contributed by atoms with Gasteiger partial charge in [-0.2, -0.15) is 0 Å². The van der Waals surface area contributed by atoms with Crippen molar-refractivity contribution < 1.29 is 14.0 Å². The molecule has 0 unspecified atom stereocenters. The normalized spacial score (nSPS) is 10.2. The zero-order valence-corrected chi connectivity index (χ0v) is 13.9. The van der Waals surface area contributed by atoms with E-state index in [9.17, 15) is 14.0 Å². The fourth-order valence-corrected chi connectivity index (χ4v) is 2.32. The Morgan fingerprint density at radius 3 is 2.27 bits per heavy atom. The van der Waals surface area contributed by atoms with Gasteiger partial charge in [0.05, 0.1) is 20.1 Å². The van der Waals surface area contributed by atoms with Gasteiger partial charge in [0.25, 0.3) is 5.91 Å². The molecule has 4 nitrogen and oxygen atoms in total. The van der Waals surface area contributed by atoms with Crippen LogP contribution in [0.15, 0.2) is 40.9 Å². The Morgan fingerprint density at radius 1 is 1.09 bits per heavy atom. The summed E-state index contributed by atoms with van der Waals surface area (Å²) in [6.45, 7) is 0. The number of nitrogens with one attached hydrogen (secondary N) is 2. The highest BCUT2D eigenvalue weighted by atomic mass is 79.9. The number of urea groups is 1. The number of hydrogen-bond acceptors (Lipinski definition) is 2. The summed E-state index contributed by atoms with van der Waals surface area (Å²) in [5.41, 5.74) is 0.0570. The summed E-state index contributed by atoms with van der Waals surface area (Å²) in [6, 6.07) is 7.40. The van der Waals surface area contributed by atoms with Gasteiger partial charge >= 0.3 is 6.03 Å². The number of imide groups is 1. The number of carbonyl (C=O) groups is 2. The van der Waals surface area contributed by atoms with Crippen LogP contribution in [0.5, 0.6) is 0 Å². The van der Waals surface area contributed by atoms with Crippen LogP contribution >= 0.6 is 39.1 Å². The first kappa shape index (κ1) is 16.7. The second-order valence-corrected chi connectivity index (χ2v) is 5.75. The van der Waals surface area contributed by atoms with E-state index in [1.54, 1.807) is 0 Å². The Bertz CT molecular complexity index is 732. The summed E-state index contributed by atoms with van der Waals surface area (Å²) >= 11 is 15.0. The maximum atomic E-state index is 13.4. The second kappa shape index (κ2) is 7.09. The molecule has 0 aromatic heterocycles. The molecular weight excluding hydrogens is 398 g/mol. The molecule has 2 aromatic rings. The van der Waals surface area contributed by atoms with Crippen LogP contribution < -0.4 is 10.6 Å². The molecule has 8 heteroatoms. The predicted molar refractivity (Wildman–Crippen MR) is 87.0 cm³/mol. The van der Waals surface area contributed by atoms with Crippen LogP contribution in [-0.4, -0.2) is 11.9 Å². The first-order valence-electron chi connectivity index (χ1n) is 5.90. The molecule has 2 rings (SSSR count). The van der Waals surface area contributed by atoms with Gasteiger partial charge in [-0.05, 0) is 40.2 Å². The first-order chi connectivity index (χ1) is 10.4. The highest BCUT2D eigenvalue weighted by Crippen LogP contribution is 2.33. The van der Waals surface area contributed by atoms with Gasteiger partial charge in [0, 0.05) is 5.69 Å². The maximum Gasteiger partial charge on any atom is 0.326 e. The van der Waals surface area contributed by atoms with Crippen molar-refractivity contribution in [1.29, 1.82) is 0 Å². The standard InChI is InChI=1S/C14H8BrCl2FN2O2/c15-12-9(16)5-7(6-10(12)17)19-14(22)20-13(21)8-3-1-2-4-11(8)18/h1-6H,(H2,19,20,21,22). The second-order valence-electron chi connectivity index (χ2n) is 4.14. The summed E-state index contributed by atoms with van der Waals surface area (Å²) in [6.07, 6.45) is 0. The van der Waals surface area contributed by atoms with Crippen molar-refractivity contribution in [2.24, 2.45) is 0 Å². The van der Waals surface area contributed by atoms with Crippen molar-refractivity contribution in [2.75, 3.05) is 5.32 Å². The van der Waals surface area contributed by atoms with Crippen LogP contribution in [-0.2, 0) is 0 Å². The topological polar surface area (TPSA) is 58.2 Å². The Kier molecular flexibility index (Phi) is 5.39. The van der Waals surface area contributed by atoms with Gasteiger partial charge in [0.2, 0.25) is 0 Å². The fourth-order valence-electron chi connectivity index (χ4n) is 1.61. The lowest BCUT2D eigenvalue weighted by Gasteiger charge is -2.09. The van der Waals surface area contributed by atoms with E-state index < -0.39 is 17.8 Å². The smallest absolute Gasteiger partial charge is 0.308 e. The highest BCUT2D eigenvalue weighted by molar-refractivity contribution is 9.10. The van der Waals surface area contributed by atoms with Gasteiger partial charge in [0.1, 0.15) is 5.82 Å². The summed E-state index contributed by atoms with van der Waals surface area (Å²) in [5.74, 6) is -1.58. The number of carbonyl (C=O) groups excluding carboxylic acids is 2. The minimum absolute atomic E-state index is 0.232. The van der Waals surface area contributed by atoms with E-state index in [1.807, 2.05) is 5.32 Å². The predicted octanol–water partition coefficient (Wildman–Crippen LogP) is 4.86. The molecule has 2 N–H and O–H groups in total. The average Bonchev–Trinajstić information content (AvgIpc) is 2.44. The first-order valence-corrected chi connectivity index (χ1v) is 7.45. The Balaban J connectivity index is 2.08. The van der Waals surface area contributed by atoms with Crippen LogP contribution in [0.1, 0.15) is 10.4 Å². The van der Waals surface area contributed by atoms with Crippen LogP contribution in [0, 0.1) is 5.82 Å². The third-order valence-electron chi connectivity index (χ3n) is 2.59. The number of hydrogen-bond donors (Lipinski definition) is 2. The van der Waals surface area contributed by atoms with E-state index in [-0.39, 0.29) is 11.3 Å². The largest absolute Gasteiger partial charge is 0.326 e. The Hall–Kier alpha value is -1.63. The number of anilines is 1. The minimum Gasteiger partial charge on any atom is -0.308 e. The molecule has 0 atom stereocenters. The molecule has 2 aromatic carbocycles. The van der Waals surface area contributed by atoms with Gasteiger partial charge in [-0.1, -0.05) is 35.3 Å². The Labute approximate surface area is 143 Å². The zero-order valence-electron chi connectivity index (χ0n) is 10.8. The molecule has 0 spiro atoms. The molecule has 0 aliphatic heterocycles. The molecule has 0 aliphatic rings. The SMILES string of the molecule is O=C(NC(=O)c1ccccc1F)Nc1cc(Cl)c(Br)c(Cl)c1. The van der Waals surface area contributed by atoms with Crippen LogP contribution in [0.4, 0.5) is 14.9 Å². The van der Waals surface area contributed by atoms with Gasteiger partial charge in [0.15, 0.2) is 0 Å². The van der Waals surface area contributed by atoms with E-state index in [2.05, 4.69) is 21.2 Å². The third-order valence-corrected chi connectivity index (χ3v) is 4.49. The molecular formula is C14H8BrCl2FN2O2. The molecule has 0 fully saturated rings.